The van der Waals surface area contributed by atoms with Gasteiger partial charge in [-0.15, -0.1) is 0 Å². The van der Waals surface area contributed by atoms with E-state index in [1.165, 1.54) is 27.5 Å². The largest absolute Gasteiger partial charge is 0.481 e. The van der Waals surface area contributed by atoms with E-state index in [0.29, 0.717) is 18.1 Å². The monoisotopic (exact) mass is 390 g/mol. The first-order valence-corrected chi connectivity index (χ1v) is 11.1. The molecule has 2 unspecified atom stereocenters. The van der Waals surface area contributed by atoms with E-state index in [1.54, 1.807) is 0 Å². The number of benzene rings is 2. The second kappa shape index (κ2) is 8.94. The normalized spacial score (nSPS) is 20.9. The van der Waals surface area contributed by atoms with Gasteiger partial charge in [-0.05, 0) is 65.5 Å². The molecule has 2 aromatic rings. The zero-order valence-electron chi connectivity index (χ0n) is 17.0. The van der Waals surface area contributed by atoms with Gasteiger partial charge in [-0.2, -0.15) is 0 Å². The number of rotatable bonds is 9. The minimum Gasteiger partial charge on any atom is -0.481 e. The van der Waals surface area contributed by atoms with Crippen LogP contribution in [0.5, 0.6) is 0 Å². The molecule has 2 aliphatic carbocycles. The van der Waals surface area contributed by atoms with Crippen LogP contribution in [0.15, 0.2) is 36.4 Å². The highest BCUT2D eigenvalue weighted by Crippen LogP contribution is 2.36. The molecule has 1 saturated carbocycles. The molecular formula is C26H30O3. The number of ketones is 1. The molecule has 2 aliphatic rings. The molecule has 0 aromatic heterocycles. The first kappa shape index (κ1) is 19.9. The highest BCUT2D eigenvalue weighted by atomic mass is 16.4. The first-order chi connectivity index (χ1) is 14.1. The smallest absolute Gasteiger partial charge is 0.303 e. The molecule has 3 nitrogen and oxygen atoms in total. The van der Waals surface area contributed by atoms with E-state index in [2.05, 4.69) is 42.5 Å². The Kier molecular flexibility index (Phi) is 6.13. The van der Waals surface area contributed by atoms with E-state index in [4.69, 9.17) is 5.11 Å². The van der Waals surface area contributed by atoms with Gasteiger partial charge < -0.3 is 5.11 Å². The Labute approximate surface area is 172 Å². The number of allylic oxidation sites excluding steroid dienone is 1. The van der Waals surface area contributed by atoms with E-state index in [9.17, 15) is 9.59 Å². The van der Waals surface area contributed by atoms with Crippen molar-refractivity contribution in [3.05, 3.63) is 53.1 Å². The lowest BCUT2D eigenvalue weighted by Crippen LogP contribution is -2.13. The van der Waals surface area contributed by atoms with E-state index in [1.807, 2.05) is 0 Å². The summed E-state index contributed by atoms with van der Waals surface area (Å²) in [6, 6.07) is 11.1. The third-order valence-electron chi connectivity index (χ3n) is 6.74. The number of Topliss-reactive ketones (excluding diaryl/α,β-unsaturated/α-hetero) is 1. The molecule has 1 fully saturated rings. The van der Waals surface area contributed by atoms with Crippen LogP contribution in [-0.4, -0.2) is 16.9 Å². The van der Waals surface area contributed by atoms with E-state index in [-0.39, 0.29) is 12.3 Å². The standard InChI is InChI=1S/C26H30O3/c27-24-17-16-18(22(24)7-3-1-2-4-9-25(28)29)10-11-19-12-13-21-15-14-20-6-5-8-23(19)26(20)21/h5-6,8,10-13,18,22H,1-4,7,9,14-17H2,(H,28,29)/b11-10+. The number of unbranched alkanes of at least 4 members (excludes halogenated alkanes) is 3. The molecule has 0 bridgehead atoms. The van der Waals surface area contributed by atoms with Crippen LogP contribution in [-0.2, 0) is 22.4 Å². The van der Waals surface area contributed by atoms with Crippen LogP contribution >= 0.6 is 0 Å². The van der Waals surface area contributed by atoms with Crippen molar-refractivity contribution in [1.82, 2.24) is 0 Å². The van der Waals surface area contributed by atoms with Crippen molar-refractivity contribution in [2.24, 2.45) is 11.8 Å². The van der Waals surface area contributed by atoms with Crippen LogP contribution in [0.2, 0.25) is 0 Å². The highest BCUT2D eigenvalue weighted by Gasteiger charge is 2.32. The molecule has 29 heavy (non-hydrogen) atoms. The summed E-state index contributed by atoms with van der Waals surface area (Å²) in [6.45, 7) is 0. The summed E-state index contributed by atoms with van der Waals surface area (Å²) in [5, 5.41) is 11.5. The third-order valence-corrected chi connectivity index (χ3v) is 6.74. The summed E-state index contributed by atoms with van der Waals surface area (Å²) >= 11 is 0. The Morgan fingerprint density at radius 2 is 1.79 bits per heavy atom. The van der Waals surface area contributed by atoms with Crippen LogP contribution in [0, 0.1) is 11.8 Å². The number of carboxylic acid groups (broad SMARTS) is 1. The van der Waals surface area contributed by atoms with Crippen molar-refractivity contribution >= 4 is 28.6 Å². The van der Waals surface area contributed by atoms with Crippen LogP contribution < -0.4 is 0 Å². The SMILES string of the molecule is O=C(O)CCCCCCC1C(=O)CCC1/C=C/c1ccc2c3c(cccc13)CC2. The molecule has 0 saturated heterocycles. The van der Waals surface area contributed by atoms with Crippen molar-refractivity contribution in [3.63, 3.8) is 0 Å². The number of hydrogen-bond donors (Lipinski definition) is 1. The Morgan fingerprint density at radius 3 is 2.62 bits per heavy atom. The average Bonchev–Trinajstić information content (AvgIpc) is 3.29. The average molecular weight is 391 g/mol. The van der Waals surface area contributed by atoms with Gasteiger partial charge in [0.15, 0.2) is 0 Å². The Hall–Kier alpha value is -2.42. The van der Waals surface area contributed by atoms with Gasteiger partial charge in [-0.25, -0.2) is 0 Å². The topological polar surface area (TPSA) is 54.4 Å². The summed E-state index contributed by atoms with van der Waals surface area (Å²) in [6.07, 6.45) is 13.4. The van der Waals surface area contributed by atoms with Crippen molar-refractivity contribution in [1.29, 1.82) is 0 Å². The predicted octanol–water partition coefficient (Wildman–Crippen LogP) is 5.97. The summed E-state index contributed by atoms with van der Waals surface area (Å²) < 4.78 is 0. The Balaban J connectivity index is 1.39. The molecule has 4 rings (SSSR count). The maximum atomic E-state index is 12.4. The molecule has 0 radical (unpaired) electrons. The van der Waals surface area contributed by atoms with Crippen LogP contribution in [0.3, 0.4) is 0 Å². The maximum absolute atomic E-state index is 12.4. The second-order valence-electron chi connectivity index (χ2n) is 8.63. The fourth-order valence-corrected chi connectivity index (χ4v) is 5.18. The Bertz CT molecular complexity index is 930. The van der Waals surface area contributed by atoms with Crippen LogP contribution in [0.4, 0.5) is 0 Å². The highest BCUT2D eigenvalue weighted by molar-refractivity contribution is 5.96. The van der Waals surface area contributed by atoms with Crippen molar-refractivity contribution < 1.29 is 14.7 Å². The van der Waals surface area contributed by atoms with Gasteiger partial charge in [-0.3, -0.25) is 9.59 Å². The summed E-state index contributed by atoms with van der Waals surface area (Å²) in [4.78, 5) is 23.0. The van der Waals surface area contributed by atoms with E-state index >= 15 is 0 Å². The minimum atomic E-state index is -0.718. The van der Waals surface area contributed by atoms with E-state index < -0.39 is 5.97 Å². The Morgan fingerprint density at radius 1 is 1.00 bits per heavy atom. The quantitative estimate of drug-likeness (QED) is 0.537. The molecule has 0 spiro atoms. The number of carboxylic acids is 1. The molecule has 0 amide bonds. The molecule has 2 atom stereocenters. The molecule has 0 aliphatic heterocycles. The summed E-state index contributed by atoms with van der Waals surface area (Å²) in [5.74, 6) is 0.168. The number of aryl methyl sites for hydroxylation is 2. The third kappa shape index (κ3) is 4.44. The zero-order chi connectivity index (χ0) is 20.2. The second-order valence-corrected chi connectivity index (χ2v) is 8.63. The van der Waals surface area contributed by atoms with Gasteiger partial charge in [-0.1, -0.05) is 61.7 Å². The molecular weight excluding hydrogens is 360 g/mol. The van der Waals surface area contributed by atoms with Crippen LogP contribution in [0.25, 0.3) is 16.8 Å². The molecule has 2 aromatic carbocycles. The maximum Gasteiger partial charge on any atom is 0.303 e. The number of aliphatic carboxylic acids is 1. The number of carbonyl (C=O) groups is 2. The first-order valence-electron chi connectivity index (χ1n) is 11.1. The van der Waals surface area contributed by atoms with Crippen LogP contribution in [0.1, 0.15) is 68.1 Å². The molecule has 0 heterocycles. The van der Waals surface area contributed by atoms with Gasteiger partial charge in [0.25, 0.3) is 0 Å². The fraction of sp³-hybridized carbons (Fsp3) is 0.462. The minimum absolute atomic E-state index is 0.141. The molecule has 3 heteroatoms. The number of carbonyl (C=O) groups excluding carboxylic acids is 1. The molecule has 152 valence electrons. The zero-order valence-corrected chi connectivity index (χ0v) is 17.0. The van der Waals surface area contributed by atoms with E-state index in [0.717, 1.165) is 51.4 Å². The van der Waals surface area contributed by atoms with Gasteiger partial charge >= 0.3 is 5.97 Å². The fourth-order valence-electron chi connectivity index (χ4n) is 5.18. The van der Waals surface area contributed by atoms with Crippen molar-refractivity contribution in [2.45, 2.75) is 64.2 Å². The van der Waals surface area contributed by atoms with Gasteiger partial charge in [0.05, 0.1) is 0 Å². The van der Waals surface area contributed by atoms with Gasteiger partial charge in [0, 0.05) is 18.8 Å². The lowest BCUT2D eigenvalue weighted by Gasteiger charge is -2.15. The van der Waals surface area contributed by atoms with Crippen molar-refractivity contribution in [2.75, 3.05) is 0 Å². The predicted molar refractivity (Wildman–Crippen MR) is 117 cm³/mol. The lowest BCUT2D eigenvalue weighted by molar-refractivity contribution is -0.137. The van der Waals surface area contributed by atoms with Gasteiger partial charge in [0.2, 0.25) is 0 Å². The summed E-state index contributed by atoms with van der Waals surface area (Å²) in [7, 11) is 0. The number of hydrogen-bond acceptors (Lipinski definition) is 2. The lowest BCUT2D eigenvalue weighted by atomic mass is 9.89. The van der Waals surface area contributed by atoms with Gasteiger partial charge in [0.1, 0.15) is 5.78 Å². The van der Waals surface area contributed by atoms with Crippen molar-refractivity contribution in [3.8, 4) is 0 Å². The molecule has 1 N–H and O–H groups in total. The summed E-state index contributed by atoms with van der Waals surface area (Å²) in [5.41, 5.74) is 4.19.